The summed E-state index contributed by atoms with van der Waals surface area (Å²) < 4.78 is 1.88. The molecule has 0 bridgehead atoms. The van der Waals surface area contributed by atoms with Crippen LogP contribution in [-0.2, 0) is 6.54 Å². The monoisotopic (exact) mass is 291 g/mol. The van der Waals surface area contributed by atoms with Gasteiger partial charge in [-0.3, -0.25) is 9.78 Å². The van der Waals surface area contributed by atoms with Gasteiger partial charge in [0.25, 0.3) is 0 Å². The molecular weight excluding hydrogens is 278 g/mol. The molecule has 7 nitrogen and oxygen atoms in total. The summed E-state index contributed by atoms with van der Waals surface area (Å²) in [6.07, 6.45) is 5.12. The maximum absolute atomic E-state index is 4.51. The first kappa shape index (κ1) is 12.5. The van der Waals surface area contributed by atoms with Gasteiger partial charge in [-0.05, 0) is 5.56 Å². The van der Waals surface area contributed by atoms with Crippen LogP contribution in [0.1, 0.15) is 5.56 Å². The first-order chi connectivity index (χ1) is 10.9. The summed E-state index contributed by atoms with van der Waals surface area (Å²) in [4.78, 5) is 8.35. The van der Waals surface area contributed by atoms with E-state index in [1.165, 1.54) is 11.9 Å². The van der Waals surface area contributed by atoms with Gasteiger partial charge in [0.1, 0.15) is 12.1 Å². The highest BCUT2D eigenvalue weighted by Crippen LogP contribution is 2.20. The van der Waals surface area contributed by atoms with Gasteiger partial charge in [0.2, 0.25) is 0 Å². The number of hydrogen-bond donors (Lipinski definition) is 2. The minimum absolute atomic E-state index is 0.684. The van der Waals surface area contributed by atoms with Gasteiger partial charge < -0.3 is 5.32 Å². The molecule has 0 saturated carbocycles. The molecule has 1 aromatic carbocycles. The molecule has 0 atom stereocenters. The normalized spacial score (nSPS) is 10.9. The van der Waals surface area contributed by atoms with Crippen LogP contribution in [0.2, 0.25) is 0 Å². The summed E-state index contributed by atoms with van der Waals surface area (Å²) in [5.74, 6) is 1.42. The van der Waals surface area contributed by atoms with E-state index in [0.29, 0.717) is 11.5 Å². The molecule has 0 aliphatic rings. The van der Waals surface area contributed by atoms with E-state index in [-0.39, 0.29) is 0 Å². The van der Waals surface area contributed by atoms with Crippen LogP contribution in [0.5, 0.6) is 0 Å². The average molecular weight is 291 g/mol. The summed E-state index contributed by atoms with van der Waals surface area (Å²) >= 11 is 0. The summed E-state index contributed by atoms with van der Waals surface area (Å²) in [6.45, 7) is 0.730. The Hall–Kier alpha value is -3.22. The fourth-order valence-corrected chi connectivity index (χ4v) is 2.27. The van der Waals surface area contributed by atoms with E-state index in [4.69, 9.17) is 0 Å². The van der Waals surface area contributed by atoms with E-state index in [1.54, 1.807) is 6.20 Å². The number of hydrogen-bond acceptors (Lipinski definition) is 5. The fraction of sp³-hybridized carbons (Fsp3) is 0.0667. The predicted octanol–water partition coefficient (Wildman–Crippen LogP) is 2.34. The highest BCUT2D eigenvalue weighted by molar-refractivity contribution is 5.87. The number of benzene rings is 1. The molecule has 0 aliphatic heterocycles. The largest absolute Gasteiger partial charge is 0.323 e. The summed E-state index contributed by atoms with van der Waals surface area (Å²) in [6, 6.07) is 12.1. The second kappa shape index (κ2) is 5.28. The minimum atomic E-state index is 0.684. The standard InChI is InChI=1S/C15H13N7/c1-2-4-11(5-3-1)9-22-7-6-13(21-22)19-14-12-8-18-20-15(12)17-10-16-14/h1-8,10H,9H2,(H2,16,17,18,19,20,21). The lowest BCUT2D eigenvalue weighted by molar-refractivity contribution is 0.689. The molecule has 0 fully saturated rings. The van der Waals surface area contributed by atoms with Crippen LogP contribution >= 0.6 is 0 Å². The highest BCUT2D eigenvalue weighted by atomic mass is 15.3. The highest BCUT2D eigenvalue weighted by Gasteiger charge is 2.07. The van der Waals surface area contributed by atoms with Crippen LogP contribution in [0.3, 0.4) is 0 Å². The Morgan fingerprint density at radius 3 is 2.91 bits per heavy atom. The quantitative estimate of drug-likeness (QED) is 0.603. The summed E-state index contributed by atoms with van der Waals surface area (Å²) in [5.41, 5.74) is 1.90. The Morgan fingerprint density at radius 1 is 1.09 bits per heavy atom. The lowest BCUT2D eigenvalue weighted by atomic mass is 10.2. The number of H-pyrrole nitrogens is 1. The molecule has 22 heavy (non-hydrogen) atoms. The Bertz CT molecular complexity index is 894. The van der Waals surface area contributed by atoms with E-state index < -0.39 is 0 Å². The molecule has 0 unspecified atom stereocenters. The van der Waals surface area contributed by atoms with Crippen molar-refractivity contribution in [1.82, 2.24) is 29.9 Å². The van der Waals surface area contributed by atoms with Crippen LogP contribution in [0, 0.1) is 0 Å². The summed E-state index contributed by atoms with van der Waals surface area (Å²) in [7, 11) is 0. The smallest absolute Gasteiger partial charge is 0.160 e. The van der Waals surface area contributed by atoms with Crippen molar-refractivity contribution in [2.24, 2.45) is 0 Å². The topological polar surface area (TPSA) is 84.3 Å². The van der Waals surface area contributed by atoms with Crippen molar-refractivity contribution in [2.45, 2.75) is 6.54 Å². The maximum atomic E-state index is 4.51. The van der Waals surface area contributed by atoms with Crippen molar-refractivity contribution in [1.29, 1.82) is 0 Å². The third-order valence-electron chi connectivity index (χ3n) is 3.32. The molecule has 0 spiro atoms. The first-order valence-corrected chi connectivity index (χ1v) is 6.87. The SMILES string of the molecule is c1ccc(Cn2ccc(Nc3ncnc4[nH]ncc34)n2)cc1. The molecule has 0 radical (unpaired) electrons. The van der Waals surface area contributed by atoms with Crippen molar-refractivity contribution >= 4 is 22.7 Å². The number of anilines is 2. The van der Waals surface area contributed by atoms with Crippen molar-refractivity contribution < 1.29 is 0 Å². The third-order valence-corrected chi connectivity index (χ3v) is 3.32. The molecule has 4 aromatic rings. The van der Waals surface area contributed by atoms with Gasteiger partial charge in [-0.1, -0.05) is 30.3 Å². The molecular formula is C15H13N7. The van der Waals surface area contributed by atoms with Crippen LogP contribution in [-0.4, -0.2) is 29.9 Å². The van der Waals surface area contributed by atoms with Gasteiger partial charge in [0.15, 0.2) is 11.5 Å². The third kappa shape index (κ3) is 2.39. The van der Waals surface area contributed by atoms with Gasteiger partial charge in [0, 0.05) is 12.3 Å². The van der Waals surface area contributed by atoms with Crippen LogP contribution in [0.25, 0.3) is 11.0 Å². The van der Waals surface area contributed by atoms with Crippen LogP contribution in [0.4, 0.5) is 11.6 Å². The zero-order valence-electron chi connectivity index (χ0n) is 11.6. The first-order valence-electron chi connectivity index (χ1n) is 6.87. The van der Waals surface area contributed by atoms with Crippen molar-refractivity contribution in [3.05, 3.63) is 60.7 Å². The Morgan fingerprint density at radius 2 is 2.00 bits per heavy atom. The van der Waals surface area contributed by atoms with Gasteiger partial charge in [-0.15, -0.1) is 0 Å². The molecule has 3 aromatic heterocycles. The molecule has 108 valence electrons. The molecule has 0 aliphatic carbocycles. The van der Waals surface area contributed by atoms with E-state index in [0.717, 1.165) is 17.7 Å². The van der Waals surface area contributed by atoms with Crippen LogP contribution < -0.4 is 5.32 Å². The number of aromatic nitrogens is 6. The van der Waals surface area contributed by atoms with Crippen molar-refractivity contribution in [3.8, 4) is 0 Å². The molecule has 2 N–H and O–H groups in total. The van der Waals surface area contributed by atoms with Crippen molar-refractivity contribution in [2.75, 3.05) is 5.32 Å². The summed E-state index contributed by atoms with van der Waals surface area (Å²) in [5, 5.41) is 15.3. The van der Waals surface area contributed by atoms with Gasteiger partial charge >= 0.3 is 0 Å². The van der Waals surface area contributed by atoms with Gasteiger partial charge in [-0.25, -0.2) is 9.97 Å². The minimum Gasteiger partial charge on any atom is -0.323 e. The second-order valence-corrected chi connectivity index (χ2v) is 4.86. The lowest BCUT2D eigenvalue weighted by Crippen LogP contribution is -2.01. The Balaban J connectivity index is 1.56. The molecule has 0 amide bonds. The van der Waals surface area contributed by atoms with E-state index in [2.05, 4.69) is 42.7 Å². The predicted molar refractivity (Wildman–Crippen MR) is 82.7 cm³/mol. The maximum Gasteiger partial charge on any atom is 0.160 e. The molecule has 4 rings (SSSR count). The Labute approximate surface area is 126 Å². The van der Waals surface area contributed by atoms with E-state index in [9.17, 15) is 0 Å². The lowest BCUT2D eigenvalue weighted by Gasteiger charge is -2.03. The number of nitrogens with zero attached hydrogens (tertiary/aromatic N) is 5. The average Bonchev–Trinajstić information content (AvgIpc) is 3.18. The molecule has 7 heteroatoms. The molecule has 0 saturated heterocycles. The van der Waals surface area contributed by atoms with Gasteiger partial charge in [-0.2, -0.15) is 10.2 Å². The number of fused-ring (bicyclic) bond motifs is 1. The number of nitrogens with one attached hydrogen (secondary N) is 2. The van der Waals surface area contributed by atoms with Gasteiger partial charge in [0.05, 0.1) is 18.1 Å². The second-order valence-electron chi connectivity index (χ2n) is 4.86. The fourth-order valence-electron chi connectivity index (χ4n) is 2.27. The zero-order valence-corrected chi connectivity index (χ0v) is 11.6. The zero-order chi connectivity index (χ0) is 14.8. The van der Waals surface area contributed by atoms with E-state index in [1.807, 2.05) is 35.1 Å². The van der Waals surface area contributed by atoms with Crippen molar-refractivity contribution in [3.63, 3.8) is 0 Å². The Kier molecular flexibility index (Phi) is 3.01. The molecule has 3 heterocycles. The van der Waals surface area contributed by atoms with Crippen LogP contribution in [0.15, 0.2) is 55.1 Å². The number of aromatic amines is 1. The van der Waals surface area contributed by atoms with E-state index >= 15 is 0 Å². The number of rotatable bonds is 4.